The molecule has 1 saturated heterocycles. The molecule has 0 amide bonds. The van der Waals surface area contributed by atoms with Gasteiger partial charge in [0, 0.05) is 18.6 Å². The van der Waals surface area contributed by atoms with Crippen LogP contribution in [0.3, 0.4) is 0 Å². The second-order valence-corrected chi connectivity index (χ2v) is 6.08. The van der Waals surface area contributed by atoms with Crippen molar-refractivity contribution in [2.75, 3.05) is 19.6 Å². The van der Waals surface area contributed by atoms with E-state index in [2.05, 4.69) is 37.9 Å². The summed E-state index contributed by atoms with van der Waals surface area (Å²) in [6.07, 6.45) is 6.85. The van der Waals surface area contributed by atoms with Crippen molar-refractivity contribution in [3.05, 3.63) is 0 Å². The number of nitrogens with one attached hydrogen (secondary N) is 1. The third kappa shape index (κ3) is 5.87. The Bertz CT molecular complexity index is 191. The van der Waals surface area contributed by atoms with Crippen LogP contribution in [0.5, 0.6) is 0 Å². The Labute approximate surface area is 108 Å². The van der Waals surface area contributed by atoms with E-state index < -0.39 is 0 Å². The highest BCUT2D eigenvalue weighted by Crippen LogP contribution is 2.19. The van der Waals surface area contributed by atoms with Crippen LogP contribution in [0, 0.1) is 5.92 Å². The van der Waals surface area contributed by atoms with Crippen LogP contribution in [0.15, 0.2) is 0 Å². The Kier molecular flexibility index (Phi) is 7.14. The minimum atomic E-state index is 0.611. The predicted octanol–water partition coefficient (Wildman–Crippen LogP) is 3.28. The lowest BCUT2D eigenvalue weighted by Gasteiger charge is -2.31. The molecule has 0 aromatic rings. The minimum Gasteiger partial charge on any atom is -0.313 e. The van der Waals surface area contributed by atoms with E-state index in [1.165, 1.54) is 51.7 Å². The molecule has 0 aromatic carbocycles. The van der Waals surface area contributed by atoms with E-state index in [1.807, 2.05) is 0 Å². The van der Waals surface area contributed by atoms with Crippen LogP contribution in [0.25, 0.3) is 0 Å². The molecule has 1 rings (SSSR count). The summed E-state index contributed by atoms with van der Waals surface area (Å²) in [6, 6.07) is 1.37. The molecule has 2 atom stereocenters. The number of nitrogens with zero attached hydrogens (tertiary/aromatic N) is 1. The first-order chi connectivity index (χ1) is 8.13. The molecule has 2 unspecified atom stereocenters. The summed E-state index contributed by atoms with van der Waals surface area (Å²) in [6.45, 7) is 13.0. The summed E-state index contributed by atoms with van der Waals surface area (Å²) in [7, 11) is 0. The van der Waals surface area contributed by atoms with Crippen LogP contribution in [-0.2, 0) is 0 Å². The Morgan fingerprint density at radius 1 is 1.24 bits per heavy atom. The molecule has 0 saturated carbocycles. The average Bonchev–Trinajstić information content (AvgIpc) is 2.49. The van der Waals surface area contributed by atoms with E-state index in [-0.39, 0.29) is 0 Å². The van der Waals surface area contributed by atoms with Gasteiger partial charge in [0.1, 0.15) is 0 Å². The van der Waals surface area contributed by atoms with Gasteiger partial charge in [-0.05, 0) is 44.7 Å². The van der Waals surface area contributed by atoms with Crippen molar-refractivity contribution in [2.45, 2.75) is 71.9 Å². The van der Waals surface area contributed by atoms with Gasteiger partial charge in [-0.3, -0.25) is 4.90 Å². The molecule has 0 bridgehead atoms. The molecule has 1 aliphatic heterocycles. The monoisotopic (exact) mass is 240 g/mol. The van der Waals surface area contributed by atoms with Crippen molar-refractivity contribution in [3.8, 4) is 0 Å². The maximum Gasteiger partial charge on any atom is 0.0220 e. The fourth-order valence-electron chi connectivity index (χ4n) is 2.77. The molecule has 17 heavy (non-hydrogen) atoms. The number of rotatable bonds is 6. The van der Waals surface area contributed by atoms with Crippen molar-refractivity contribution >= 4 is 0 Å². The van der Waals surface area contributed by atoms with Gasteiger partial charge in [0.05, 0.1) is 0 Å². The lowest BCUT2D eigenvalue weighted by Crippen LogP contribution is -2.44. The van der Waals surface area contributed by atoms with Crippen molar-refractivity contribution < 1.29 is 0 Å². The Balaban J connectivity index is 2.43. The number of likely N-dealkylation sites (tertiary alicyclic amines) is 1. The lowest BCUT2D eigenvalue weighted by molar-refractivity contribution is 0.183. The maximum atomic E-state index is 3.62. The summed E-state index contributed by atoms with van der Waals surface area (Å²) in [5.41, 5.74) is 0. The van der Waals surface area contributed by atoms with Crippen molar-refractivity contribution in [3.63, 3.8) is 0 Å². The molecule has 1 aliphatic rings. The normalized spacial score (nSPS) is 24.9. The number of hydrogen-bond acceptors (Lipinski definition) is 2. The molecular weight excluding hydrogens is 208 g/mol. The van der Waals surface area contributed by atoms with Gasteiger partial charge in [0.25, 0.3) is 0 Å². The first-order valence-electron chi connectivity index (χ1n) is 7.61. The van der Waals surface area contributed by atoms with Gasteiger partial charge in [0.2, 0.25) is 0 Å². The molecule has 0 aliphatic carbocycles. The highest BCUT2D eigenvalue weighted by atomic mass is 15.2. The van der Waals surface area contributed by atoms with Gasteiger partial charge in [-0.2, -0.15) is 0 Å². The molecule has 1 N–H and O–H groups in total. The molecule has 102 valence electrons. The average molecular weight is 240 g/mol. The fraction of sp³-hybridized carbons (Fsp3) is 1.00. The summed E-state index contributed by atoms with van der Waals surface area (Å²) < 4.78 is 0. The van der Waals surface area contributed by atoms with Crippen LogP contribution in [0.4, 0.5) is 0 Å². The van der Waals surface area contributed by atoms with Gasteiger partial charge < -0.3 is 5.32 Å². The van der Waals surface area contributed by atoms with Crippen LogP contribution < -0.4 is 5.32 Å². The zero-order chi connectivity index (χ0) is 12.7. The quantitative estimate of drug-likeness (QED) is 0.766. The van der Waals surface area contributed by atoms with Gasteiger partial charge in [-0.1, -0.05) is 34.1 Å². The third-order valence-corrected chi connectivity index (χ3v) is 3.95. The Hall–Kier alpha value is -0.0800. The molecule has 2 heteroatoms. The zero-order valence-electron chi connectivity index (χ0n) is 12.3. The van der Waals surface area contributed by atoms with Crippen LogP contribution in [0.1, 0.15) is 59.8 Å². The molecule has 0 radical (unpaired) electrons. The molecular formula is C15H32N2. The standard InChI is InChI=1S/C15H32N2/c1-5-7-15(12-16-13(2)3)17-10-6-8-14(4)9-11-17/h13-16H,5-12H2,1-4H3. The summed E-state index contributed by atoms with van der Waals surface area (Å²) in [5, 5.41) is 3.62. The molecule has 1 heterocycles. The van der Waals surface area contributed by atoms with E-state index in [9.17, 15) is 0 Å². The zero-order valence-corrected chi connectivity index (χ0v) is 12.3. The fourth-order valence-corrected chi connectivity index (χ4v) is 2.77. The van der Waals surface area contributed by atoms with E-state index in [4.69, 9.17) is 0 Å². The highest BCUT2D eigenvalue weighted by Gasteiger charge is 2.20. The summed E-state index contributed by atoms with van der Waals surface area (Å²) in [4.78, 5) is 2.74. The SMILES string of the molecule is CCCC(CNC(C)C)N1CCCC(C)CC1. The highest BCUT2D eigenvalue weighted by molar-refractivity contribution is 4.78. The van der Waals surface area contributed by atoms with Gasteiger partial charge in [-0.15, -0.1) is 0 Å². The molecule has 0 aromatic heterocycles. The first kappa shape index (κ1) is 15.0. The summed E-state index contributed by atoms with van der Waals surface area (Å²) >= 11 is 0. The first-order valence-corrected chi connectivity index (χ1v) is 7.61. The predicted molar refractivity (Wildman–Crippen MR) is 76.4 cm³/mol. The smallest absolute Gasteiger partial charge is 0.0220 e. The van der Waals surface area contributed by atoms with Crippen LogP contribution in [0.2, 0.25) is 0 Å². The van der Waals surface area contributed by atoms with Gasteiger partial charge in [0.15, 0.2) is 0 Å². The van der Waals surface area contributed by atoms with E-state index >= 15 is 0 Å². The molecule has 2 nitrogen and oxygen atoms in total. The van der Waals surface area contributed by atoms with Gasteiger partial charge >= 0.3 is 0 Å². The molecule has 1 fully saturated rings. The third-order valence-electron chi connectivity index (χ3n) is 3.95. The Morgan fingerprint density at radius 2 is 2.00 bits per heavy atom. The van der Waals surface area contributed by atoms with Crippen molar-refractivity contribution in [1.29, 1.82) is 0 Å². The van der Waals surface area contributed by atoms with Crippen LogP contribution in [-0.4, -0.2) is 36.6 Å². The lowest BCUT2D eigenvalue weighted by atomic mass is 10.0. The number of hydrogen-bond donors (Lipinski definition) is 1. The van der Waals surface area contributed by atoms with E-state index in [0.717, 1.165) is 12.0 Å². The maximum absolute atomic E-state index is 3.62. The van der Waals surface area contributed by atoms with Gasteiger partial charge in [-0.25, -0.2) is 0 Å². The largest absolute Gasteiger partial charge is 0.313 e. The van der Waals surface area contributed by atoms with E-state index in [1.54, 1.807) is 0 Å². The van der Waals surface area contributed by atoms with E-state index in [0.29, 0.717) is 6.04 Å². The second-order valence-electron chi connectivity index (χ2n) is 6.08. The second kappa shape index (κ2) is 8.10. The minimum absolute atomic E-state index is 0.611. The van der Waals surface area contributed by atoms with Crippen LogP contribution >= 0.6 is 0 Å². The van der Waals surface area contributed by atoms with Crippen molar-refractivity contribution in [1.82, 2.24) is 10.2 Å². The topological polar surface area (TPSA) is 15.3 Å². The van der Waals surface area contributed by atoms with Crippen molar-refractivity contribution in [2.24, 2.45) is 5.92 Å². The molecule has 0 spiro atoms. The summed E-state index contributed by atoms with van der Waals surface area (Å²) in [5.74, 6) is 0.931. The Morgan fingerprint density at radius 3 is 2.65 bits per heavy atom.